The van der Waals surface area contributed by atoms with Crippen LogP contribution in [0.3, 0.4) is 0 Å². The Hall–Kier alpha value is -2.88. The quantitative estimate of drug-likeness (QED) is 0.755. The third-order valence-electron chi connectivity index (χ3n) is 3.52. The fourth-order valence-electron chi connectivity index (χ4n) is 2.30. The Labute approximate surface area is 128 Å². The van der Waals surface area contributed by atoms with Crippen molar-refractivity contribution in [1.29, 1.82) is 0 Å². The summed E-state index contributed by atoms with van der Waals surface area (Å²) in [5.74, 6) is 0. The summed E-state index contributed by atoms with van der Waals surface area (Å²) in [7, 11) is 0. The molecule has 0 saturated heterocycles. The summed E-state index contributed by atoms with van der Waals surface area (Å²) < 4.78 is 0.612. The van der Waals surface area contributed by atoms with Crippen LogP contribution in [0.25, 0.3) is 11.3 Å². The van der Waals surface area contributed by atoms with Gasteiger partial charge >= 0.3 is 5.56 Å². The minimum atomic E-state index is -0.486. The molecule has 22 heavy (non-hydrogen) atoms. The highest BCUT2D eigenvalue weighted by atomic mass is 16.5. The van der Waals surface area contributed by atoms with Crippen LogP contribution in [0.1, 0.15) is 16.8 Å². The summed E-state index contributed by atoms with van der Waals surface area (Å²) >= 11 is 0. The minimum absolute atomic E-state index is 0.326. The summed E-state index contributed by atoms with van der Waals surface area (Å²) in [5.41, 5.74) is 3.40. The van der Waals surface area contributed by atoms with Crippen LogP contribution in [0.15, 0.2) is 65.6 Å². The Balaban J connectivity index is 2.03. The van der Waals surface area contributed by atoms with Crippen LogP contribution in [0.2, 0.25) is 0 Å². The molecule has 2 aromatic carbocycles. The Bertz CT molecular complexity index is 837. The number of aryl methyl sites for hydroxylation is 1. The van der Waals surface area contributed by atoms with E-state index in [4.69, 9.17) is 0 Å². The van der Waals surface area contributed by atoms with Gasteiger partial charge in [0, 0.05) is 12.0 Å². The molecule has 0 aliphatic rings. The highest BCUT2D eigenvalue weighted by Crippen LogP contribution is 2.17. The van der Waals surface area contributed by atoms with E-state index in [9.17, 15) is 10.0 Å². The molecule has 1 N–H and O–H groups in total. The fourth-order valence-corrected chi connectivity index (χ4v) is 2.30. The minimum Gasteiger partial charge on any atom is -0.425 e. The third kappa shape index (κ3) is 2.91. The molecule has 0 saturated carbocycles. The molecule has 3 rings (SSSR count). The maximum atomic E-state index is 12.1. The van der Waals surface area contributed by atoms with Crippen LogP contribution < -0.4 is 5.56 Å². The first-order chi connectivity index (χ1) is 10.6. The van der Waals surface area contributed by atoms with Gasteiger partial charge in [-0.1, -0.05) is 60.2 Å². The van der Waals surface area contributed by atoms with Gasteiger partial charge in [0.2, 0.25) is 0 Å². The molecule has 0 aliphatic carbocycles. The molecular weight excluding hydrogens is 276 g/mol. The summed E-state index contributed by atoms with van der Waals surface area (Å²) in [6.07, 6.45) is 1.74. The predicted molar refractivity (Wildman–Crippen MR) is 85.1 cm³/mol. The van der Waals surface area contributed by atoms with Crippen LogP contribution >= 0.6 is 0 Å². The van der Waals surface area contributed by atoms with E-state index in [1.54, 1.807) is 0 Å². The van der Waals surface area contributed by atoms with E-state index >= 15 is 0 Å². The van der Waals surface area contributed by atoms with Crippen molar-refractivity contribution in [3.63, 3.8) is 0 Å². The zero-order chi connectivity index (χ0) is 15.5. The van der Waals surface area contributed by atoms with E-state index in [1.165, 1.54) is 6.20 Å². The fraction of sp³-hybridized carbons (Fsp3) is 0.111. The van der Waals surface area contributed by atoms with Crippen LogP contribution in [-0.2, 0) is 6.42 Å². The molecule has 110 valence electrons. The first-order valence-corrected chi connectivity index (χ1v) is 7.06. The standard InChI is InChI=1S/C18H16N2O2/c1-13-7-9-15(10-8-13)17-12-20(22)18(21)16(19-17)11-14-5-3-2-4-6-14/h2-10,12,22H,11H2,1H3. The smallest absolute Gasteiger partial charge is 0.304 e. The van der Waals surface area contributed by atoms with Gasteiger partial charge in [-0.3, -0.25) is 4.79 Å². The summed E-state index contributed by atoms with van der Waals surface area (Å²) in [6, 6.07) is 17.4. The summed E-state index contributed by atoms with van der Waals surface area (Å²) in [6.45, 7) is 2.00. The van der Waals surface area contributed by atoms with Gasteiger partial charge in [0.1, 0.15) is 5.69 Å². The van der Waals surface area contributed by atoms with Crippen molar-refractivity contribution in [2.45, 2.75) is 13.3 Å². The molecule has 0 unspecified atom stereocenters. The van der Waals surface area contributed by atoms with Gasteiger partial charge in [0.05, 0.1) is 11.9 Å². The Morgan fingerprint density at radius 2 is 1.73 bits per heavy atom. The topological polar surface area (TPSA) is 55.1 Å². The van der Waals surface area contributed by atoms with E-state index in [0.29, 0.717) is 22.5 Å². The van der Waals surface area contributed by atoms with Crippen LogP contribution in [-0.4, -0.2) is 14.9 Å². The average Bonchev–Trinajstić information content (AvgIpc) is 2.53. The van der Waals surface area contributed by atoms with Gasteiger partial charge in [-0.25, -0.2) is 4.98 Å². The third-order valence-corrected chi connectivity index (χ3v) is 3.52. The largest absolute Gasteiger partial charge is 0.425 e. The lowest BCUT2D eigenvalue weighted by atomic mass is 10.1. The van der Waals surface area contributed by atoms with Gasteiger partial charge < -0.3 is 5.21 Å². The lowest BCUT2D eigenvalue weighted by Gasteiger charge is -2.07. The molecule has 1 aromatic heterocycles. The van der Waals surface area contributed by atoms with Gasteiger partial charge in [-0.05, 0) is 12.5 Å². The number of aromatic nitrogens is 2. The molecule has 0 aliphatic heterocycles. The highest BCUT2D eigenvalue weighted by Gasteiger charge is 2.10. The van der Waals surface area contributed by atoms with E-state index in [1.807, 2.05) is 61.5 Å². The van der Waals surface area contributed by atoms with Gasteiger partial charge in [0.25, 0.3) is 0 Å². The van der Waals surface area contributed by atoms with Crippen molar-refractivity contribution in [3.05, 3.63) is 88.0 Å². The highest BCUT2D eigenvalue weighted by molar-refractivity contribution is 5.58. The second kappa shape index (κ2) is 5.85. The maximum Gasteiger partial charge on any atom is 0.304 e. The monoisotopic (exact) mass is 292 g/mol. The first kappa shape index (κ1) is 14.1. The molecule has 3 aromatic rings. The molecule has 0 fully saturated rings. The Kier molecular flexibility index (Phi) is 3.74. The van der Waals surface area contributed by atoms with Crippen molar-refractivity contribution in [2.24, 2.45) is 0 Å². The normalized spacial score (nSPS) is 10.6. The van der Waals surface area contributed by atoms with Crippen molar-refractivity contribution in [1.82, 2.24) is 9.71 Å². The van der Waals surface area contributed by atoms with E-state index < -0.39 is 5.56 Å². The Morgan fingerprint density at radius 1 is 1.05 bits per heavy atom. The second-order valence-electron chi connectivity index (χ2n) is 5.25. The molecule has 4 nitrogen and oxygen atoms in total. The van der Waals surface area contributed by atoms with Crippen LogP contribution in [0.5, 0.6) is 0 Å². The number of benzene rings is 2. The first-order valence-electron chi connectivity index (χ1n) is 7.06. The molecule has 4 heteroatoms. The van der Waals surface area contributed by atoms with Gasteiger partial charge in [-0.2, -0.15) is 4.73 Å². The molecular formula is C18H16N2O2. The number of nitrogens with zero attached hydrogens (tertiary/aromatic N) is 2. The molecule has 0 bridgehead atoms. The van der Waals surface area contributed by atoms with E-state index in [-0.39, 0.29) is 0 Å². The van der Waals surface area contributed by atoms with E-state index in [2.05, 4.69) is 4.98 Å². The number of rotatable bonds is 3. The van der Waals surface area contributed by atoms with Gasteiger partial charge in [0.15, 0.2) is 0 Å². The van der Waals surface area contributed by atoms with Crippen LogP contribution in [0.4, 0.5) is 0 Å². The van der Waals surface area contributed by atoms with Crippen molar-refractivity contribution >= 4 is 0 Å². The number of hydrogen-bond donors (Lipinski definition) is 1. The van der Waals surface area contributed by atoms with Crippen LogP contribution in [0, 0.1) is 6.92 Å². The maximum absolute atomic E-state index is 12.1. The lowest BCUT2D eigenvalue weighted by Crippen LogP contribution is -2.24. The van der Waals surface area contributed by atoms with E-state index in [0.717, 1.165) is 16.7 Å². The zero-order valence-electron chi connectivity index (χ0n) is 12.2. The molecule has 1 heterocycles. The molecule has 0 spiro atoms. The van der Waals surface area contributed by atoms with Crippen molar-refractivity contribution in [2.75, 3.05) is 0 Å². The second-order valence-corrected chi connectivity index (χ2v) is 5.25. The predicted octanol–water partition coefficient (Wildman–Crippen LogP) is 3.05. The summed E-state index contributed by atoms with van der Waals surface area (Å²) in [4.78, 5) is 16.5. The average molecular weight is 292 g/mol. The molecule has 0 atom stereocenters. The number of hydrogen-bond acceptors (Lipinski definition) is 3. The molecule has 0 amide bonds. The van der Waals surface area contributed by atoms with Gasteiger partial charge in [-0.15, -0.1) is 0 Å². The lowest BCUT2D eigenvalue weighted by molar-refractivity contribution is 0.173. The van der Waals surface area contributed by atoms with Crippen molar-refractivity contribution < 1.29 is 5.21 Å². The van der Waals surface area contributed by atoms with Crippen molar-refractivity contribution in [3.8, 4) is 11.3 Å². The zero-order valence-corrected chi connectivity index (χ0v) is 12.2. The SMILES string of the molecule is Cc1ccc(-c2cn(O)c(=O)c(Cc3ccccc3)n2)cc1. The summed E-state index contributed by atoms with van der Waals surface area (Å²) in [5, 5.41) is 9.84. The molecule has 0 radical (unpaired) electrons. The Morgan fingerprint density at radius 3 is 2.41 bits per heavy atom.